The van der Waals surface area contributed by atoms with E-state index in [0.717, 1.165) is 17.1 Å². The van der Waals surface area contributed by atoms with Gasteiger partial charge in [0.25, 0.3) is 0 Å². The maximum atomic E-state index is 4.44. The molecule has 70 valence electrons. The molecule has 1 aliphatic heterocycles. The van der Waals surface area contributed by atoms with Crippen LogP contribution in [0, 0.1) is 6.92 Å². The summed E-state index contributed by atoms with van der Waals surface area (Å²) in [5.74, 6) is 0. The third kappa shape index (κ3) is 0.878. The van der Waals surface area contributed by atoms with E-state index in [0.29, 0.717) is 6.67 Å². The zero-order valence-electron chi connectivity index (χ0n) is 7.86. The summed E-state index contributed by atoms with van der Waals surface area (Å²) in [6, 6.07) is 0. The van der Waals surface area contributed by atoms with Crippen LogP contribution in [0.15, 0.2) is 23.3 Å². The molecular weight excluding hydrogens is 176 g/mol. The Morgan fingerprint density at radius 2 is 2.21 bits per heavy atom. The smallest absolute Gasteiger partial charge is 0.126 e. The molecule has 0 saturated carbocycles. The average Bonchev–Trinajstić information content (AvgIpc) is 2.39. The van der Waals surface area contributed by atoms with Gasteiger partial charge in [-0.3, -0.25) is 5.43 Å². The summed E-state index contributed by atoms with van der Waals surface area (Å²) in [4.78, 5) is 0. The molecular formula is C10H10N4. The van der Waals surface area contributed by atoms with Gasteiger partial charge in [0.2, 0.25) is 0 Å². The van der Waals surface area contributed by atoms with E-state index >= 15 is 0 Å². The Hall–Kier alpha value is -1.84. The highest BCUT2D eigenvalue weighted by Crippen LogP contribution is 2.20. The summed E-state index contributed by atoms with van der Waals surface area (Å²) >= 11 is 0. The number of hydrazone groups is 1. The van der Waals surface area contributed by atoms with Crippen molar-refractivity contribution in [2.75, 3.05) is 0 Å². The third-order valence-corrected chi connectivity index (χ3v) is 2.46. The van der Waals surface area contributed by atoms with Gasteiger partial charge in [-0.05, 0) is 13.0 Å². The standard InChI is InChI=1S/C10H10N4/c1-7-8-4-2-3-5-9-10(8)14(13-7)6-11-12-9/h2-5,11H,6H2,1H3. The number of nitrogens with one attached hydrogen (secondary N) is 1. The molecule has 0 bridgehead atoms. The van der Waals surface area contributed by atoms with Crippen LogP contribution in [-0.4, -0.2) is 15.5 Å². The predicted octanol–water partition coefficient (Wildman–Crippen LogP) is 1.04. The Balaban J connectivity index is 2.35. The molecule has 14 heavy (non-hydrogen) atoms. The van der Waals surface area contributed by atoms with Gasteiger partial charge in [0, 0.05) is 5.56 Å². The fourth-order valence-electron chi connectivity index (χ4n) is 1.83. The molecule has 0 aromatic carbocycles. The molecule has 2 heterocycles. The fourth-order valence-corrected chi connectivity index (χ4v) is 1.83. The fraction of sp³-hybridized carbons (Fsp3) is 0.200. The lowest BCUT2D eigenvalue weighted by atomic mass is 10.1. The molecule has 1 aliphatic carbocycles. The number of hydrogen-bond donors (Lipinski definition) is 1. The summed E-state index contributed by atoms with van der Waals surface area (Å²) in [7, 11) is 0. The Labute approximate surface area is 81.6 Å². The minimum absolute atomic E-state index is 0.654. The van der Waals surface area contributed by atoms with Crippen molar-refractivity contribution in [1.29, 1.82) is 0 Å². The van der Waals surface area contributed by atoms with Gasteiger partial charge in [-0.2, -0.15) is 10.2 Å². The second kappa shape index (κ2) is 2.57. The predicted molar refractivity (Wildman–Crippen MR) is 54.8 cm³/mol. The van der Waals surface area contributed by atoms with Crippen molar-refractivity contribution in [3.63, 3.8) is 0 Å². The van der Waals surface area contributed by atoms with Gasteiger partial charge < -0.3 is 0 Å². The van der Waals surface area contributed by atoms with Gasteiger partial charge in [0.1, 0.15) is 12.4 Å². The monoisotopic (exact) mass is 186 g/mol. The quantitative estimate of drug-likeness (QED) is 0.657. The minimum atomic E-state index is 0.654. The van der Waals surface area contributed by atoms with Crippen molar-refractivity contribution >= 4 is 11.8 Å². The maximum Gasteiger partial charge on any atom is 0.126 e. The van der Waals surface area contributed by atoms with Gasteiger partial charge in [0.15, 0.2) is 0 Å². The van der Waals surface area contributed by atoms with Crippen LogP contribution in [0.1, 0.15) is 17.0 Å². The van der Waals surface area contributed by atoms with Crippen molar-refractivity contribution in [2.45, 2.75) is 13.6 Å². The minimum Gasteiger partial charge on any atom is -0.288 e. The number of aryl methyl sites for hydroxylation is 1. The van der Waals surface area contributed by atoms with Crippen LogP contribution in [0.4, 0.5) is 0 Å². The van der Waals surface area contributed by atoms with E-state index in [1.165, 1.54) is 5.56 Å². The summed E-state index contributed by atoms with van der Waals surface area (Å²) in [5, 5.41) is 8.70. The molecule has 0 spiro atoms. The van der Waals surface area contributed by atoms with Crippen LogP contribution in [0.5, 0.6) is 0 Å². The molecule has 3 rings (SSSR count). The first-order valence-electron chi connectivity index (χ1n) is 4.59. The largest absolute Gasteiger partial charge is 0.288 e. The zero-order chi connectivity index (χ0) is 9.54. The van der Waals surface area contributed by atoms with Crippen LogP contribution in [0.3, 0.4) is 0 Å². The molecule has 0 atom stereocenters. The van der Waals surface area contributed by atoms with Crippen molar-refractivity contribution in [3.8, 4) is 0 Å². The van der Waals surface area contributed by atoms with Crippen molar-refractivity contribution < 1.29 is 0 Å². The van der Waals surface area contributed by atoms with Gasteiger partial charge in [-0.25, -0.2) is 4.68 Å². The normalized spacial score (nSPS) is 17.1. The van der Waals surface area contributed by atoms with Gasteiger partial charge >= 0.3 is 0 Å². The molecule has 1 aromatic rings. The molecule has 0 fully saturated rings. The van der Waals surface area contributed by atoms with Crippen molar-refractivity contribution in [1.82, 2.24) is 15.2 Å². The van der Waals surface area contributed by atoms with Crippen LogP contribution < -0.4 is 5.43 Å². The maximum absolute atomic E-state index is 4.44. The van der Waals surface area contributed by atoms with Gasteiger partial charge in [0.05, 0.1) is 11.4 Å². The first-order chi connectivity index (χ1) is 6.86. The molecule has 4 heteroatoms. The molecule has 0 radical (unpaired) electrons. The number of rotatable bonds is 0. The molecule has 1 N–H and O–H groups in total. The van der Waals surface area contributed by atoms with Crippen molar-refractivity contribution in [2.24, 2.45) is 5.10 Å². The van der Waals surface area contributed by atoms with Crippen LogP contribution in [0.2, 0.25) is 0 Å². The second-order valence-corrected chi connectivity index (χ2v) is 3.38. The second-order valence-electron chi connectivity index (χ2n) is 3.38. The summed E-state index contributed by atoms with van der Waals surface area (Å²) < 4.78 is 1.95. The number of hydrogen-bond acceptors (Lipinski definition) is 3. The van der Waals surface area contributed by atoms with E-state index in [-0.39, 0.29) is 0 Å². The first-order valence-corrected chi connectivity index (χ1v) is 4.59. The lowest BCUT2D eigenvalue weighted by molar-refractivity contribution is 0.509. The summed E-state index contributed by atoms with van der Waals surface area (Å²) in [6.07, 6.45) is 8.09. The third-order valence-electron chi connectivity index (χ3n) is 2.46. The zero-order valence-corrected chi connectivity index (χ0v) is 7.86. The van der Waals surface area contributed by atoms with E-state index in [2.05, 4.69) is 21.7 Å². The molecule has 1 aromatic heterocycles. The molecule has 2 aliphatic rings. The topological polar surface area (TPSA) is 42.2 Å². The van der Waals surface area contributed by atoms with E-state index in [1.54, 1.807) is 0 Å². The SMILES string of the molecule is Cc1nn2c3c1C=CC=CC3=NNC2. The highest BCUT2D eigenvalue weighted by molar-refractivity contribution is 6.11. The number of nitrogens with zero attached hydrogens (tertiary/aromatic N) is 3. The highest BCUT2D eigenvalue weighted by atomic mass is 15.4. The van der Waals surface area contributed by atoms with Crippen molar-refractivity contribution in [3.05, 3.63) is 35.2 Å². The lowest BCUT2D eigenvalue weighted by Crippen LogP contribution is -2.25. The van der Waals surface area contributed by atoms with Crippen LogP contribution >= 0.6 is 0 Å². The van der Waals surface area contributed by atoms with E-state index < -0.39 is 0 Å². The lowest BCUT2D eigenvalue weighted by Gasteiger charge is -2.13. The molecule has 0 unspecified atom stereocenters. The van der Waals surface area contributed by atoms with Crippen LogP contribution in [-0.2, 0) is 6.67 Å². The Bertz CT molecular complexity index is 477. The molecule has 0 amide bonds. The summed E-state index contributed by atoms with van der Waals surface area (Å²) in [5.41, 5.74) is 7.25. The Morgan fingerprint density at radius 3 is 3.14 bits per heavy atom. The van der Waals surface area contributed by atoms with Gasteiger partial charge in [-0.15, -0.1) is 0 Å². The molecule has 0 saturated heterocycles. The molecule has 4 nitrogen and oxygen atoms in total. The Kier molecular flexibility index (Phi) is 1.39. The number of allylic oxidation sites excluding steroid dienone is 3. The van der Waals surface area contributed by atoms with E-state index in [9.17, 15) is 0 Å². The van der Waals surface area contributed by atoms with Gasteiger partial charge in [-0.1, -0.05) is 18.2 Å². The Morgan fingerprint density at radius 1 is 1.36 bits per heavy atom. The summed E-state index contributed by atoms with van der Waals surface area (Å²) in [6.45, 7) is 2.68. The van der Waals surface area contributed by atoms with E-state index in [4.69, 9.17) is 0 Å². The number of aromatic nitrogens is 2. The van der Waals surface area contributed by atoms with Crippen LogP contribution in [0.25, 0.3) is 6.08 Å². The van der Waals surface area contributed by atoms with E-state index in [1.807, 2.05) is 29.8 Å². The first kappa shape index (κ1) is 7.55. The average molecular weight is 186 g/mol. The highest BCUT2D eigenvalue weighted by Gasteiger charge is 2.20.